The fraction of sp³-hybridized carbons (Fsp3) is 0.417. The molecule has 0 aliphatic rings. The third-order valence-corrected chi connectivity index (χ3v) is 3.35. The fourth-order valence-corrected chi connectivity index (χ4v) is 1.58. The van der Waals surface area contributed by atoms with E-state index in [9.17, 15) is 9.90 Å². The van der Waals surface area contributed by atoms with Gasteiger partial charge in [-0.05, 0) is 30.9 Å². The summed E-state index contributed by atoms with van der Waals surface area (Å²) in [4.78, 5) is 11.5. The highest BCUT2D eigenvalue weighted by Gasteiger charge is 2.10. The molecule has 0 radical (unpaired) electrons. The van der Waals surface area contributed by atoms with Crippen molar-refractivity contribution >= 4 is 17.7 Å². The monoisotopic (exact) mass is 255 g/mol. The minimum atomic E-state index is -0.0677. The van der Waals surface area contributed by atoms with Crippen molar-refractivity contribution in [1.29, 1.82) is 0 Å². The second kappa shape index (κ2) is 6.39. The zero-order valence-electron chi connectivity index (χ0n) is 10.2. The van der Waals surface area contributed by atoms with Gasteiger partial charge >= 0.3 is 0 Å². The zero-order valence-corrected chi connectivity index (χ0v) is 11.0. The summed E-state index contributed by atoms with van der Waals surface area (Å²) in [6.07, 6.45) is 1.89. The van der Waals surface area contributed by atoms with E-state index in [4.69, 9.17) is 4.74 Å². The molecule has 0 fully saturated rings. The van der Waals surface area contributed by atoms with Crippen LogP contribution in [0, 0.1) is 0 Å². The number of carbonyl (C=O) groups is 1. The summed E-state index contributed by atoms with van der Waals surface area (Å²) < 4.78 is 4.94. The molecule has 0 saturated heterocycles. The Labute approximate surface area is 105 Å². The summed E-state index contributed by atoms with van der Waals surface area (Å²) in [5.41, 5.74) is 0.838. The topological polar surface area (TPSA) is 58.6 Å². The maximum Gasteiger partial charge on any atom is 0.233 e. The van der Waals surface area contributed by atoms with Gasteiger partial charge < -0.3 is 15.2 Å². The molecular weight excluding hydrogens is 238 g/mol. The van der Waals surface area contributed by atoms with Crippen molar-refractivity contribution in [2.75, 3.05) is 13.4 Å². The predicted octanol–water partition coefficient (Wildman–Crippen LogP) is 1.77. The number of thioether (sulfide) groups is 1. The van der Waals surface area contributed by atoms with Crippen LogP contribution in [0.1, 0.15) is 12.5 Å². The molecule has 0 saturated carbocycles. The number of phenolic OH excluding ortho intramolecular Hbond substituents is 1. The standard InChI is InChI=1S/C12H17NO3S/c1-8(17-3)12(15)13-7-9-4-5-11(16-2)10(14)6-9/h4-6,8,14H,7H2,1-3H3,(H,13,15)/t8-/m0/s1. The second-order valence-corrected chi connectivity index (χ2v) is 4.78. The Morgan fingerprint density at radius 2 is 2.29 bits per heavy atom. The highest BCUT2D eigenvalue weighted by molar-refractivity contribution is 7.99. The summed E-state index contributed by atoms with van der Waals surface area (Å²) in [7, 11) is 1.50. The van der Waals surface area contributed by atoms with Crippen LogP contribution in [-0.4, -0.2) is 29.6 Å². The normalized spacial score (nSPS) is 11.9. The van der Waals surface area contributed by atoms with E-state index in [1.807, 2.05) is 19.2 Å². The van der Waals surface area contributed by atoms with Crippen LogP contribution >= 0.6 is 11.8 Å². The summed E-state index contributed by atoms with van der Waals surface area (Å²) in [5, 5.41) is 12.3. The van der Waals surface area contributed by atoms with Crippen molar-refractivity contribution in [2.45, 2.75) is 18.7 Å². The number of amides is 1. The van der Waals surface area contributed by atoms with Crippen molar-refractivity contribution in [3.05, 3.63) is 23.8 Å². The Kier molecular flexibility index (Phi) is 5.15. The first-order valence-electron chi connectivity index (χ1n) is 5.25. The molecule has 1 atom stereocenters. The molecule has 5 heteroatoms. The first-order valence-corrected chi connectivity index (χ1v) is 6.53. The van der Waals surface area contributed by atoms with Gasteiger partial charge in [-0.2, -0.15) is 11.8 Å². The van der Waals surface area contributed by atoms with Crippen molar-refractivity contribution < 1.29 is 14.6 Å². The Morgan fingerprint density at radius 1 is 1.59 bits per heavy atom. The van der Waals surface area contributed by atoms with Crippen LogP contribution in [0.15, 0.2) is 18.2 Å². The van der Waals surface area contributed by atoms with Crippen molar-refractivity contribution in [3.63, 3.8) is 0 Å². The zero-order chi connectivity index (χ0) is 12.8. The van der Waals surface area contributed by atoms with E-state index in [2.05, 4.69) is 5.32 Å². The lowest BCUT2D eigenvalue weighted by Crippen LogP contribution is -2.30. The summed E-state index contributed by atoms with van der Waals surface area (Å²) in [6, 6.07) is 5.07. The van der Waals surface area contributed by atoms with E-state index in [-0.39, 0.29) is 16.9 Å². The number of phenols is 1. The molecule has 0 unspecified atom stereocenters. The molecule has 0 heterocycles. The minimum Gasteiger partial charge on any atom is -0.504 e. The van der Waals surface area contributed by atoms with Crippen LogP contribution in [0.3, 0.4) is 0 Å². The molecule has 4 nitrogen and oxygen atoms in total. The van der Waals surface area contributed by atoms with Crippen LogP contribution in [0.25, 0.3) is 0 Å². The number of hydrogen-bond donors (Lipinski definition) is 2. The van der Waals surface area contributed by atoms with Gasteiger partial charge in [-0.15, -0.1) is 0 Å². The Bertz CT molecular complexity index is 395. The van der Waals surface area contributed by atoms with E-state index in [0.29, 0.717) is 12.3 Å². The summed E-state index contributed by atoms with van der Waals surface area (Å²) in [6.45, 7) is 2.26. The number of benzene rings is 1. The number of carbonyl (C=O) groups excluding carboxylic acids is 1. The molecule has 0 spiro atoms. The van der Waals surface area contributed by atoms with Gasteiger partial charge in [0.1, 0.15) is 0 Å². The highest BCUT2D eigenvalue weighted by atomic mass is 32.2. The minimum absolute atomic E-state index is 0.00666. The van der Waals surface area contributed by atoms with E-state index >= 15 is 0 Å². The third-order valence-electron chi connectivity index (χ3n) is 2.43. The number of rotatable bonds is 5. The SMILES string of the molecule is COc1ccc(CNC(=O)[C@H](C)SC)cc1O. The van der Waals surface area contributed by atoms with Gasteiger partial charge in [0, 0.05) is 6.54 Å². The van der Waals surface area contributed by atoms with Crippen molar-refractivity contribution in [3.8, 4) is 11.5 Å². The lowest BCUT2D eigenvalue weighted by molar-refractivity contribution is -0.120. The number of nitrogens with one attached hydrogen (secondary N) is 1. The smallest absolute Gasteiger partial charge is 0.233 e. The largest absolute Gasteiger partial charge is 0.504 e. The Morgan fingerprint density at radius 3 is 2.82 bits per heavy atom. The first kappa shape index (κ1) is 13.7. The van der Waals surface area contributed by atoms with Gasteiger partial charge in [0.25, 0.3) is 0 Å². The fourth-order valence-electron chi connectivity index (χ4n) is 1.29. The van der Waals surface area contributed by atoms with Crippen LogP contribution in [0.5, 0.6) is 11.5 Å². The van der Waals surface area contributed by atoms with Crippen LogP contribution in [0.2, 0.25) is 0 Å². The van der Waals surface area contributed by atoms with Gasteiger partial charge in [-0.3, -0.25) is 4.79 Å². The molecule has 0 aromatic heterocycles. The average molecular weight is 255 g/mol. The molecule has 2 N–H and O–H groups in total. The molecule has 17 heavy (non-hydrogen) atoms. The summed E-state index contributed by atoms with van der Waals surface area (Å²) in [5.74, 6) is 0.502. The highest BCUT2D eigenvalue weighted by Crippen LogP contribution is 2.26. The molecule has 1 rings (SSSR count). The molecule has 1 aromatic rings. The predicted molar refractivity (Wildman–Crippen MR) is 69.5 cm³/mol. The quantitative estimate of drug-likeness (QED) is 0.842. The Balaban J connectivity index is 2.58. The first-order chi connectivity index (χ1) is 8.08. The number of hydrogen-bond acceptors (Lipinski definition) is 4. The maximum atomic E-state index is 11.5. The van der Waals surface area contributed by atoms with Gasteiger partial charge in [-0.1, -0.05) is 6.07 Å². The number of ether oxygens (including phenoxy) is 1. The lowest BCUT2D eigenvalue weighted by atomic mass is 10.2. The van der Waals surface area contributed by atoms with Crippen LogP contribution < -0.4 is 10.1 Å². The third kappa shape index (κ3) is 3.85. The lowest BCUT2D eigenvalue weighted by Gasteiger charge is -2.10. The van der Waals surface area contributed by atoms with Crippen LogP contribution in [0.4, 0.5) is 0 Å². The number of methoxy groups -OCH3 is 1. The average Bonchev–Trinajstić information content (AvgIpc) is 2.35. The van der Waals surface area contributed by atoms with Crippen molar-refractivity contribution in [2.24, 2.45) is 0 Å². The number of aromatic hydroxyl groups is 1. The maximum absolute atomic E-state index is 11.5. The Hall–Kier alpha value is -1.36. The molecule has 0 bridgehead atoms. The van der Waals surface area contributed by atoms with Crippen molar-refractivity contribution in [1.82, 2.24) is 5.32 Å². The molecule has 0 aliphatic carbocycles. The molecular formula is C12H17NO3S. The van der Waals surface area contributed by atoms with E-state index in [0.717, 1.165) is 5.56 Å². The van der Waals surface area contributed by atoms with E-state index in [1.54, 1.807) is 12.1 Å². The molecule has 1 amide bonds. The summed E-state index contributed by atoms with van der Waals surface area (Å²) >= 11 is 1.50. The van der Waals surface area contributed by atoms with Gasteiger partial charge in [0.15, 0.2) is 11.5 Å². The van der Waals surface area contributed by atoms with Crippen LogP contribution in [-0.2, 0) is 11.3 Å². The second-order valence-electron chi connectivity index (χ2n) is 3.60. The molecule has 1 aromatic carbocycles. The van der Waals surface area contributed by atoms with E-state index < -0.39 is 0 Å². The van der Waals surface area contributed by atoms with Gasteiger partial charge in [0.05, 0.1) is 12.4 Å². The van der Waals surface area contributed by atoms with Gasteiger partial charge in [0.2, 0.25) is 5.91 Å². The van der Waals surface area contributed by atoms with Gasteiger partial charge in [-0.25, -0.2) is 0 Å². The molecule has 94 valence electrons. The molecule has 0 aliphatic heterocycles. The van der Waals surface area contributed by atoms with E-state index in [1.165, 1.54) is 18.9 Å².